The third-order valence-corrected chi connectivity index (χ3v) is 4.25. The molecule has 0 unspecified atom stereocenters. The molecule has 1 amide bonds. The Hall–Kier alpha value is -1.36. The van der Waals surface area contributed by atoms with Crippen molar-refractivity contribution in [2.75, 3.05) is 6.54 Å². The van der Waals surface area contributed by atoms with E-state index in [1.807, 2.05) is 12.1 Å². The lowest BCUT2D eigenvalue weighted by Crippen LogP contribution is -2.25. The SMILES string of the molecule is CC(C)(C)CCCCc1ccc(C(=O)NCCC(=O)O)s1. The second kappa shape index (κ2) is 8.17. The zero-order valence-corrected chi connectivity index (χ0v) is 13.9. The summed E-state index contributed by atoms with van der Waals surface area (Å²) in [5.74, 6) is -1.08. The molecule has 5 heteroatoms. The van der Waals surface area contributed by atoms with Gasteiger partial charge in [-0.05, 0) is 36.8 Å². The zero-order valence-electron chi connectivity index (χ0n) is 13.1. The van der Waals surface area contributed by atoms with E-state index < -0.39 is 5.97 Å². The summed E-state index contributed by atoms with van der Waals surface area (Å²) in [5.41, 5.74) is 0.380. The largest absolute Gasteiger partial charge is 0.481 e. The summed E-state index contributed by atoms with van der Waals surface area (Å²) in [7, 11) is 0. The third-order valence-electron chi connectivity index (χ3n) is 3.11. The summed E-state index contributed by atoms with van der Waals surface area (Å²) in [6.07, 6.45) is 4.50. The lowest BCUT2D eigenvalue weighted by Gasteiger charge is -2.17. The van der Waals surface area contributed by atoms with E-state index in [0.29, 0.717) is 10.3 Å². The Kier molecular flexibility index (Phi) is 6.89. The number of thiophene rings is 1. The number of carboxylic acid groups (broad SMARTS) is 1. The number of amides is 1. The summed E-state index contributed by atoms with van der Waals surface area (Å²) in [4.78, 5) is 24.1. The van der Waals surface area contributed by atoms with Gasteiger partial charge in [0.15, 0.2) is 0 Å². The van der Waals surface area contributed by atoms with E-state index in [1.54, 1.807) is 0 Å². The first-order valence-corrected chi connectivity index (χ1v) is 8.18. The summed E-state index contributed by atoms with van der Waals surface area (Å²) in [6.45, 7) is 6.92. The molecule has 0 radical (unpaired) electrons. The molecule has 0 fully saturated rings. The van der Waals surface area contributed by atoms with Crippen LogP contribution < -0.4 is 5.32 Å². The maximum absolute atomic E-state index is 11.8. The molecule has 118 valence electrons. The van der Waals surface area contributed by atoms with Crippen molar-refractivity contribution in [3.05, 3.63) is 21.9 Å². The fraction of sp³-hybridized carbons (Fsp3) is 0.625. The number of unbranched alkanes of at least 4 members (excludes halogenated alkanes) is 1. The topological polar surface area (TPSA) is 66.4 Å². The fourth-order valence-electron chi connectivity index (χ4n) is 1.96. The van der Waals surface area contributed by atoms with Crippen LogP contribution in [-0.2, 0) is 11.2 Å². The van der Waals surface area contributed by atoms with Crippen LogP contribution in [0.15, 0.2) is 12.1 Å². The van der Waals surface area contributed by atoms with E-state index in [-0.39, 0.29) is 18.9 Å². The predicted octanol–water partition coefficient (Wildman–Crippen LogP) is 3.71. The van der Waals surface area contributed by atoms with Crippen LogP contribution in [0.25, 0.3) is 0 Å². The van der Waals surface area contributed by atoms with Gasteiger partial charge >= 0.3 is 5.97 Å². The lowest BCUT2D eigenvalue weighted by atomic mass is 9.89. The average molecular weight is 311 g/mol. The van der Waals surface area contributed by atoms with E-state index in [0.717, 1.165) is 12.8 Å². The van der Waals surface area contributed by atoms with Gasteiger partial charge in [0.05, 0.1) is 11.3 Å². The van der Waals surface area contributed by atoms with Crippen molar-refractivity contribution >= 4 is 23.2 Å². The predicted molar refractivity (Wildman–Crippen MR) is 85.9 cm³/mol. The Morgan fingerprint density at radius 3 is 2.57 bits per heavy atom. The number of hydrogen-bond acceptors (Lipinski definition) is 3. The van der Waals surface area contributed by atoms with Crippen molar-refractivity contribution in [2.24, 2.45) is 5.41 Å². The van der Waals surface area contributed by atoms with Crippen LogP contribution in [0.4, 0.5) is 0 Å². The summed E-state index contributed by atoms with van der Waals surface area (Å²) in [5, 5.41) is 11.2. The molecule has 0 saturated heterocycles. The van der Waals surface area contributed by atoms with Crippen LogP contribution >= 0.6 is 11.3 Å². The number of nitrogens with one attached hydrogen (secondary N) is 1. The highest BCUT2D eigenvalue weighted by atomic mass is 32.1. The Morgan fingerprint density at radius 2 is 1.95 bits per heavy atom. The maximum Gasteiger partial charge on any atom is 0.305 e. The Bertz CT molecular complexity index is 474. The van der Waals surface area contributed by atoms with Crippen LogP contribution in [-0.4, -0.2) is 23.5 Å². The van der Waals surface area contributed by atoms with Crippen LogP contribution in [0, 0.1) is 5.41 Å². The second-order valence-corrected chi connectivity index (χ2v) is 7.60. The minimum Gasteiger partial charge on any atom is -0.481 e. The van der Waals surface area contributed by atoms with Gasteiger partial charge in [0, 0.05) is 11.4 Å². The lowest BCUT2D eigenvalue weighted by molar-refractivity contribution is -0.136. The van der Waals surface area contributed by atoms with E-state index in [1.165, 1.54) is 29.1 Å². The summed E-state index contributed by atoms with van der Waals surface area (Å²) < 4.78 is 0. The molecule has 0 aliphatic heterocycles. The molecule has 0 bridgehead atoms. The highest BCUT2D eigenvalue weighted by Gasteiger charge is 2.11. The monoisotopic (exact) mass is 311 g/mol. The molecule has 1 rings (SSSR count). The molecule has 0 saturated carbocycles. The van der Waals surface area contributed by atoms with Gasteiger partial charge in [-0.15, -0.1) is 11.3 Å². The Balaban J connectivity index is 2.32. The minimum atomic E-state index is -0.902. The first kappa shape index (κ1) is 17.7. The van der Waals surface area contributed by atoms with Gasteiger partial charge in [0.25, 0.3) is 5.91 Å². The van der Waals surface area contributed by atoms with Crippen molar-refractivity contribution in [1.82, 2.24) is 5.32 Å². The number of rotatable bonds is 8. The first-order chi connectivity index (χ1) is 9.78. The molecule has 2 N–H and O–H groups in total. The molecule has 1 aromatic rings. The molecular formula is C16H25NO3S. The van der Waals surface area contributed by atoms with Gasteiger partial charge in [0.1, 0.15) is 0 Å². The van der Waals surface area contributed by atoms with Crippen molar-refractivity contribution in [3.63, 3.8) is 0 Å². The molecule has 4 nitrogen and oxygen atoms in total. The molecule has 1 heterocycles. The number of hydrogen-bond donors (Lipinski definition) is 2. The highest BCUT2D eigenvalue weighted by molar-refractivity contribution is 7.14. The molecule has 21 heavy (non-hydrogen) atoms. The minimum absolute atomic E-state index is 0.0449. The van der Waals surface area contributed by atoms with E-state index in [4.69, 9.17) is 5.11 Å². The molecule has 0 atom stereocenters. The van der Waals surface area contributed by atoms with Gasteiger partial charge in [-0.3, -0.25) is 9.59 Å². The zero-order chi connectivity index (χ0) is 15.9. The molecule has 0 spiro atoms. The second-order valence-electron chi connectivity index (χ2n) is 6.43. The highest BCUT2D eigenvalue weighted by Crippen LogP contribution is 2.24. The number of carbonyl (C=O) groups excluding carboxylic acids is 1. The molecule has 0 aliphatic rings. The molecule has 0 aromatic carbocycles. The molecule has 1 aromatic heterocycles. The van der Waals surface area contributed by atoms with Crippen molar-refractivity contribution < 1.29 is 14.7 Å². The standard InChI is InChI=1S/C16H25NO3S/c1-16(2,3)10-5-4-6-12-7-8-13(21-12)15(20)17-11-9-14(18)19/h7-8H,4-6,9-11H2,1-3H3,(H,17,20)(H,18,19). The smallest absolute Gasteiger partial charge is 0.305 e. The van der Waals surface area contributed by atoms with Gasteiger partial charge in [-0.25, -0.2) is 0 Å². The van der Waals surface area contributed by atoms with Crippen molar-refractivity contribution in [3.8, 4) is 0 Å². The van der Waals surface area contributed by atoms with Crippen LogP contribution in [0.5, 0.6) is 0 Å². The van der Waals surface area contributed by atoms with Gasteiger partial charge in [-0.1, -0.05) is 27.2 Å². The van der Waals surface area contributed by atoms with E-state index in [2.05, 4.69) is 26.1 Å². The van der Waals surface area contributed by atoms with Crippen molar-refractivity contribution in [2.45, 2.75) is 52.9 Å². The average Bonchev–Trinajstić information content (AvgIpc) is 2.81. The number of aliphatic carboxylic acids is 1. The normalized spacial score (nSPS) is 11.4. The molecule has 0 aliphatic carbocycles. The van der Waals surface area contributed by atoms with Crippen LogP contribution in [0.2, 0.25) is 0 Å². The first-order valence-electron chi connectivity index (χ1n) is 7.37. The van der Waals surface area contributed by atoms with E-state index >= 15 is 0 Å². The van der Waals surface area contributed by atoms with Gasteiger partial charge < -0.3 is 10.4 Å². The van der Waals surface area contributed by atoms with Crippen LogP contribution in [0.1, 0.15) is 61.0 Å². The van der Waals surface area contributed by atoms with Gasteiger partial charge in [0.2, 0.25) is 0 Å². The van der Waals surface area contributed by atoms with E-state index in [9.17, 15) is 9.59 Å². The number of carbonyl (C=O) groups is 2. The fourth-order valence-corrected chi connectivity index (χ4v) is 2.92. The summed E-state index contributed by atoms with van der Waals surface area (Å²) in [6, 6.07) is 3.81. The maximum atomic E-state index is 11.8. The van der Waals surface area contributed by atoms with Crippen molar-refractivity contribution in [1.29, 1.82) is 0 Å². The number of aryl methyl sites for hydroxylation is 1. The summed E-state index contributed by atoms with van der Waals surface area (Å²) >= 11 is 1.50. The number of carboxylic acids is 1. The third kappa shape index (κ3) is 7.85. The Labute approximate surface area is 130 Å². The quantitative estimate of drug-likeness (QED) is 0.719. The van der Waals surface area contributed by atoms with Crippen LogP contribution in [0.3, 0.4) is 0 Å². The Morgan fingerprint density at radius 1 is 1.24 bits per heavy atom. The van der Waals surface area contributed by atoms with Gasteiger partial charge in [-0.2, -0.15) is 0 Å². The molecular weight excluding hydrogens is 286 g/mol.